The maximum Gasteiger partial charge on any atom is 0.257 e. The number of carbonyl (C=O) groups is 1. The molecule has 0 unspecified atom stereocenters. The van der Waals surface area contributed by atoms with Crippen molar-refractivity contribution in [2.24, 2.45) is 0 Å². The molecule has 0 aromatic heterocycles. The van der Waals surface area contributed by atoms with Gasteiger partial charge in [0.1, 0.15) is 5.56 Å². The number of rotatable bonds is 3. The van der Waals surface area contributed by atoms with E-state index in [9.17, 15) is 26.7 Å². The number of amides is 1. The lowest BCUT2D eigenvalue weighted by Gasteiger charge is -2.12. The summed E-state index contributed by atoms with van der Waals surface area (Å²) in [5.74, 6) is -12.7. The summed E-state index contributed by atoms with van der Waals surface area (Å²) in [4.78, 5) is 11.3. The summed E-state index contributed by atoms with van der Waals surface area (Å²) in [7, 11) is 0. The number of aliphatic hydroxyl groups excluding tert-OH is 1. The third-order valence-electron chi connectivity index (χ3n) is 2.09. The van der Waals surface area contributed by atoms with E-state index in [-0.39, 0.29) is 0 Å². The van der Waals surface area contributed by atoms with Crippen LogP contribution in [0.1, 0.15) is 17.3 Å². The third-order valence-corrected chi connectivity index (χ3v) is 2.09. The van der Waals surface area contributed by atoms with Crippen LogP contribution >= 0.6 is 0 Å². The van der Waals surface area contributed by atoms with Crippen molar-refractivity contribution in [2.75, 3.05) is 6.61 Å². The zero-order valence-electron chi connectivity index (χ0n) is 9.03. The molecule has 0 spiro atoms. The van der Waals surface area contributed by atoms with Gasteiger partial charge in [0.2, 0.25) is 5.82 Å². The van der Waals surface area contributed by atoms with E-state index in [1.165, 1.54) is 6.92 Å². The fourth-order valence-corrected chi connectivity index (χ4v) is 1.15. The highest BCUT2D eigenvalue weighted by atomic mass is 19.2. The van der Waals surface area contributed by atoms with E-state index >= 15 is 0 Å². The first-order valence-corrected chi connectivity index (χ1v) is 4.74. The number of carbonyl (C=O) groups excluding carboxylic acids is 1. The summed E-state index contributed by atoms with van der Waals surface area (Å²) in [6.45, 7) is 0.727. The highest BCUT2D eigenvalue weighted by molar-refractivity contribution is 5.95. The Balaban J connectivity index is 3.29. The predicted octanol–water partition coefficient (Wildman–Crippen LogP) is 1.49. The molecule has 2 N–H and O–H groups in total. The molecule has 0 saturated heterocycles. The lowest BCUT2D eigenvalue weighted by Crippen LogP contribution is -2.36. The average molecular weight is 269 g/mol. The van der Waals surface area contributed by atoms with E-state index in [1.54, 1.807) is 0 Å². The predicted molar refractivity (Wildman–Crippen MR) is 50.2 cm³/mol. The fourth-order valence-electron chi connectivity index (χ4n) is 1.15. The van der Waals surface area contributed by atoms with Crippen molar-refractivity contribution in [2.45, 2.75) is 13.0 Å². The van der Waals surface area contributed by atoms with Crippen molar-refractivity contribution >= 4 is 5.91 Å². The molecule has 1 rings (SSSR count). The number of hydrogen-bond donors (Lipinski definition) is 2. The van der Waals surface area contributed by atoms with Gasteiger partial charge in [-0.3, -0.25) is 4.79 Å². The van der Waals surface area contributed by atoms with Gasteiger partial charge >= 0.3 is 0 Å². The molecule has 3 nitrogen and oxygen atoms in total. The van der Waals surface area contributed by atoms with Crippen molar-refractivity contribution in [3.8, 4) is 0 Å². The van der Waals surface area contributed by atoms with Crippen LogP contribution in [0.25, 0.3) is 0 Å². The first-order chi connectivity index (χ1) is 8.31. The summed E-state index contributed by atoms with van der Waals surface area (Å²) in [5.41, 5.74) is -1.58. The van der Waals surface area contributed by atoms with E-state index in [4.69, 9.17) is 5.11 Å². The average Bonchev–Trinajstić information content (AvgIpc) is 2.34. The van der Waals surface area contributed by atoms with Crippen LogP contribution in [0.2, 0.25) is 0 Å². The topological polar surface area (TPSA) is 49.3 Å². The summed E-state index contributed by atoms with van der Waals surface area (Å²) in [5, 5.41) is 10.5. The van der Waals surface area contributed by atoms with Gasteiger partial charge in [0, 0.05) is 6.04 Å². The van der Waals surface area contributed by atoms with Crippen molar-refractivity contribution in [1.82, 2.24) is 5.32 Å². The molecular weight excluding hydrogens is 261 g/mol. The lowest BCUT2D eigenvalue weighted by molar-refractivity contribution is 0.0910. The van der Waals surface area contributed by atoms with Crippen LogP contribution in [0.5, 0.6) is 0 Å². The normalized spacial score (nSPS) is 12.4. The Morgan fingerprint density at radius 2 is 1.44 bits per heavy atom. The third kappa shape index (κ3) is 2.42. The first-order valence-electron chi connectivity index (χ1n) is 4.74. The highest BCUT2D eigenvalue weighted by Gasteiger charge is 2.29. The second-order valence-electron chi connectivity index (χ2n) is 3.50. The van der Waals surface area contributed by atoms with E-state index in [0.29, 0.717) is 0 Å². The standard InChI is InChI=1S/C10H8F5NO2/c1-3(2-17)16-10(18)4-5(11)7(13)9(15)8(14)6(4)12/h3,17H,2H2,1H3,(H,16,18)/t3-/m1/s1. The number of aliphatic hydroxyl groups is 1. The monoisotopic (exact) mass is 269 g/mol. The molecule has 1 aromatic carbocycles. The second-order valence-corrected chi connectivity index (χ2v) is 3.50. The molecule has 100 valence electrons. The summed E-state index contributed by atoms with van der Waals surface area (Å²) in [6, 6.07) is -0.896. The molecule has 1 aromatic rings. The van der Waals surface area contributed by atoms with Crippen molar-refractivity contribution in [3.05, 3.63) is 34.6 Å². The van der Waals surface area contributed by atoms with Crippen LogP contribution < -0.4 is 5.32 Å². The molecule has 0 radical (unpaired) electrons. The molecule has 8 heteroatoms. The summed E-state index contributed by atoms with van der Waals surface area (Å²) in [6.07, 6.45) is 0. The zero-order valence-corrected chi connectivity index (χ0v) is 9.03. The molecule has 0 aliphatic carbocycles. The fraction of sp³-hybridized carbons (Fsp3) is 0.300. The SMILES string of the molecule is C[C@H](CO)NC(=O)c1c(F)c(F)c(F)c(F)c1F. The van der Waals surface area contributed by atoms with Crippen LogP contribution in [-0.4, -0.2) is 23.7 Å². The van der Waals surface area contributed by atoms with E-state index in [0.717, 1.165) is 0 Å². The van der Waals surface area contributed by atoms with Crippen LogP contribution in [0.3, 0.4) is 0 Å². The lowest BCUT2D eigenvalue weighted by atomic mass is 10.1. The van der Waals surface area contributed by atoms with Crippen molar-refractivity contribution in [3.63, 3.8) is 0 Å². The maximum atomic E-state index is 13.2. The van der Waals surface area contributed by atoms with Crippen LogP contribution in [0, 0.1) is 29.1 Å². The van der Waals surface area contributed by atoms with Crippen molar-refractivity contribution in [1.29, 1.82) is 0 Å². The minimum absolute atomic E-state index is 0.554. The van der Waals surface area contributed by atoms with Gasteiger partial charge in [-0.05, 0) is 6.92 Å². The molecule has 1 amide bonds. The molecule has 18 heavy (non-hydrogen) atoms. The molecule has 1 atom stereocenters. The Morgan fingerprint density at radius 1 is 1.06 bits per heavy atom. The Bertz CT molecular complexity index is 463. The zero-order chi connectivity index (χ0) is 14.0. The maximum absolute atomic E-state index is 13.2. The minimum atomic E-state index is -2.34. The largest absolute Gasteiger partial charge is 0.394 e. The van der Waals surface area contributed by atoms with Crippen molar-refractivity contribution < 1.29 is 31.9 Å². The van der Waals surface area contributed by atoms with E-state index in [1.807, 2.05) is 5.32 Å². The Labute approximate surface area is 98.2 Å². The molecule has 0 aliphatic rings. The Morgan fingerprint density at radius 3 is 1.83 bits per heavy atom. The Hall–Kier alpha value is -1.70. The van der Waals surface area contributed by atoms with Gasteiger partial charge in [0.25, 0.3) is 5.91 Å². The first kappa shape index (κ1) is 14.4. The van der Waals surface area contributed by atoms with Gasteiger partial charge in [0.05, 0.1) is 6.61 Å². The number of halogens is 5. The van der Waals surface area contributed by atoms with Gasteiger partial charge in [-0.1, -0.05) is 0 Å². The van der Waals surface area contributed by atoms with Gasteiger partial charge < -0.3 is 10.4 Å². The molecular formula is C10H8F5NO2. The van der Waals surface area contributed by atoms with Gasteiger partial charge in [0.15, 0.2) is 23.3 Å². The van der Waals surface area contributed by atoms with Crippen LogP contribution in [0.4, 0.5) is 22.0 Å². The number of hydrogen-bond acceptors (Lipinski definition) is 2. The molecule has 0 fully saturated rings. The molecule has 0 saturated carbocycles. The molecule has 0 bridgehead atoms. The summed E-state index contributed by atoms with van der Waals surface area (Å²) < 4.78 is 64.6. The van der Waals surface area contributed by atoms with Gasteiger partial charge in [-0.25, -0.2) is 22.0 Å². The van der Waals surface area contributed by atoms with Crippen LogP contribution in [-0.2, 0) is 0 Å². The summed E-state index contributed by atoms with van der Waals surface area (Å²) >= 11 is 0. The smallest absolute Gasteiger partial charge is 0.257 e. The van der Waals surface area contributed by atoms with E-state index in [2.05, 4.69) is 0 Å². The minimum Gasteiger partial charge on any atom is -0.394 e. The molecule has 0 aliphatic heterocycles. The van der Waals surface area contributed by atoms with Crippen LogP contribution in [0.15, 0.2) is 0 Å². The number of nitrogens with one attached hydrogen (secondary N) is 1. The number of benzene rings is 1. The van der Waals surface area contributed by atoms with E-state index < -0.39 is 53.2 Å². The highest BCUT2D eigenvalue weighted by Crippen LogP contribution is 2.22. The molecule has 0 heterocycles. The Kier molecular flexibility index (Phi) is 4.23. The van der Waals surface area contributed by atoms with Gasteiger partial charge in [-0.2, -0.15) is 0 Å². The van der Waals surface area contributed by atoms with Gasteiger partial charge in [-0.15, -0.1) is 0 Å². The quantitative estimate of drug-likeness (QED) is 0.496. The second kappa shape index (κ2) is 5.30.